The highest BCUT2D eigenvalue weighted by atomic mass is 16.5. The Morgan fingerprint density at radius 1 is 1.40 bits per heavy atom. The molecule has 0 aliphatic carbocycles. The van der Waals surface area contributed by atoms with Gasteiger partial charge in [0.1, 0.15) is 12.2 Å². The minimum absolute atomic E-state index is 0.0684. The van der Waals surface area contributed by atoms with Gasteiger partial charge >= 0.3 is 0 Å². The third-order valence-corrected chi connectivity index (χ3v) is 4.48. The summed E-state index contributed by atoms with van der Waals surface area (Å²) in [7, 11) is 1.99. The van der Waals surface area contributed by atoms with E-state index in [9.17, 15) is 0 Å². The highest BCUT2D eigenvalue weighted by Gasteiger charge is 2.38. The van der Waals surface area contributed by atoms with Crippen molar-refractivity contribution >= 4 is 0 Å². The first kappa shape index (κ1) is 14.0. The molecule has 1 unspecified atom stereocenters. The molecule has 112 valence electrons. The predicted molar refractivity (Wildman–Crippen MR) is 74.5 cm³/mol. The summed E-state index contributed by atoms with van der Waals surface area (Å²) in [5.41, 5.74) is 0.0684. The van der Waals surface area contributed by atoms with Crippen LogP contribution in [-0.2, 0) is 22.9 Å². The van der Waals surface area contributed by atoms with Gasteiger partial charge in [-0.3, -0.25) is 0 Å². The lowest BCUT2D eigenvalue weighted by Gasteiger charge is -2.43. The zero-order valence-corrected chi connectivity index (χ0v) is 12.2. The van der Waals surface area contributed by atoms with Gasteiger partial charge in [0.05, 0.1) is 5.60 Å². The molecule has 2 fully saturated rings. The maximum absolute atomic E-state index is 6.06. The normalized spacial score (nSPS) is 25.9. The quantitative estimate of drug-likeness (QED) is 0.878. The first-order chi connectivity index (χ1) is 9.77. The number of aryl methyl sites for hydroxylation is 1. The Morgan fingerprint density at radius 3 is 3.00 bits per heavy atom. The molecule has 0 aromatic carbocycles. The van der Waals surface area contributed by atoms with Crippen LogP contribution < -0.4 is 5.32 Å². The van der Waals surface area contributed by atoms with Crippen molar-refractivity contribution < 1.29 is 9.47 Å². The van der Waals surface area contributed by atoms with Crippen molar-refractivity contribution in [3.8, 4) is 0 Å². The zero-order chi connectivity index (χ0) is 13.8. The molecule has 6 nitrogen and oxygen atoms in total. The molecule has 2 aliphatic rings. The Morgan fingerprint density at radius 2 is 2.25 bits per heavy atom. The molecule has 0 bridgehead atoms. The zero-order valence-electron chi connectivity index (χ0n) is 12.2. The van der Waals surface area contributed by atoms with Gasteiger partial charge in [-0.25, -0.2) is 0 Å². The number of hydrogen-bond acceptors (Lipinski definition) is 5. The molecule has 1 atom stereocenters. The second-order valence-electron chi connectivity index (χ2n) is 5.90. The second-order valence-corrected chi connectivity index (χ2v) is 5.90. The topological polar surface area (TPSA) is 61.2 Å². The number of nitrogens with one attached hydrogen (secondary N) is 1. The molecule has 0 amide bonds. The van der Waals surface area contributed by atoms with E-state index in [1.807, 2.05) is 11.6 Å². The Hall–Kier alpha value is -0.980. The molecule has 0 radical (unpaired) electrons. The fraction of sp³-hybridized carbons (Fsp3) is 0.857. The smallest absolute Gasteiger partial charge is 0.133 e. The van der Waals surface area contributed by atoms with Crippen molar-refractivity contribution in [1.29, 1.82) is 0 Å². The van der Waals surface area contributed by atoms with Gasteiger partial charge in [-0.2, -0.15) is 0 Å². The number of rotatable bonds is 4. The van der Waals surface area contributed by atoms with E-state index in [4.69, 9.17) is 9.47 Å². The van der Waals surface area contributed by atoms with Crippen LogP contribution in [0.1, 0.15) is 31.5 Å². The maximum atomic E-state index is 6.06. The third kappa shape index (κ3) is 3.19. The van der Waals surface area contributed by atoms with E-state index in [0.717, 1.165) is 64.3 Å². The van der Waals surface area contributed by atoms with Crippen molar-refractivity contribution in [1.82, 2.24) is 20.1 Å². The number of ether oxygens (including phenoxy) is 2. The van der Waals surface area contributed by atoms with Crippen molar-refractivity contribution in [3.63, 3.8) is 0 Å². The lowest BCUT2D eigenvalue weighted by atomic mass is 9.84. The van der Waals surface area contributed by atoms with Crippen LogP contribution >= 0.6 is 0 Å². The molecule has 2 saturated heterocycles. The summed E-state index contributed by atoms with van der Waals surface area (Å²) in [5, 5.41) is 11.7. The molecule has 3 rings (SSSR count). The summed E-state index contributed by atoms with van der Waals surface area (Å²) in [6.07, 6.45) is 6.95. The van der Waals surface area contributed by atoms with Gasteiger partial charge in [-0.15, -0.1) is 10.2 Å². The van der Waals surface area contributed by atoms with E-state index >= 15 is 0 Å². The summed E-state index contributed by atoms with van der Waals surface area (Å²) < 4.78 is 13.5. The standard InChI is InChI=1S/C14H24N4O2/c1-18-11-16-17-13(18)2-6-15-12-3-7-20-14(10-12)4-8-19-9-5-14/h11-12,15H,2-10H2,1H3. The van der Waals surface area contributed by atoms with Crippen LogP contribution in [0.15, 0.2) is 6.33 Å². The van der Waals surface area contributed by atoms with Gasteiger partial charge in [0.25, 0.3) is 0 Å². The predicted octanol–water partition coefficient (Wildman–Crippen LogP) is 0.675. The largest absolute Gasteiger partial charge is 0.381 e. The van der Waals surface area contributed by atoms with E-state index in [1.54, 1.807) is 6.33 Å². The van der Waals surface area contributed by atoms with E-state index in [1.165, 1.54) is 0 Å². The highest BCUT2D eigenvalue weighted by molar-refractivity contribution is 4.92. The molecule has 3 heterocycles. The summed E-state index contributed by atoms with van der Waals surface area (Å²) >= 11 is 0. The molecule has 1 aromatic rings. The monoisotopic (exact) mass is 280 g/mol. The summed E-state index contributed by atoms with van der Waals surface area (Å²) in [4.78, 5) is 0. The Balaban J connectivity index is 1.47. The molecular formula is C14H24N4O2. The molecule has 1 spiro atoms. The van der Waals surface area contributed by atoms with Crippen LogP contribution in [0.3, 0.4) is 0 Å². The second kappa shape index (κ2) is 6.20. The van der Waals surface area contributed by atoms with Crippen LogP contribution in [0, 0.1) is 0 Å². The number of nitrogens with zero attached hydrogens (tertiary/aromatic N) is 3. The fourth-order valence-corrected chi connectivity index (χ4v) is 3.22. The van der Waals surface area contributed by atoms with E-state index in [-0.39, 0.29) is 5.60 Å². The van der Waals surface area contributed by atoms with Crippen molar-refractivity contribution in [2.45, 2.75) is 43.7 Å². The minimum atomic E-state index is 0.0684. The first-order valence-corrected chi connectivity index (χ1v) is 7.55. The molecular weight excluding hydrogens is 256 g/mol. The SMILES string of the molecule is Cn1cnnc1CCNC1CCOC2(CCOCC2)C1. The van der Waals surface area contributed by atoms with Crippen molar-refractivity contribution in [2.75, 3.05) is 26.4 Å². The van der Waals surface area contributed by atoms with Gasteiger partial charge in [-0.1, -0.05) is 0 Å². The summed E-state index contributed by atoms with van der Waals surface area (Å²) in [6.45, 7) is 3.49. The van der Waals surface area contributed by atoms with E-state index in [2.05, 4.69) is 15.5 Å². The lowest BCUT2D eigenvalue weighted by molar-refractivity contribution is -0.140. The number of hydrogen-bond donors (Lipinski definition) is 1. The molecule has 1 N–H and O–H groups in total. The van der Waals surface area contributed by atoms with Crippen molar-refractivity contribution in [2.24, 2.45) is 7.05 Å². The lowest BCUT2D eigenvalue weighted by Crippen LogP contribution is -2.50. The Labute approximate surface area is 119 Å². The number of aromatic nitrogens is 3. The van der Waals surface area contributed by atoms with E-state index < -0.39 is 0 Å². The maximum Gasteiger partial charge on any atom is 0.133 e. The Bertz CT molecular complexity index is 423. The van der Waals surface area contributed by atoms with Crippen LogP contribution in [0.25, 0.3) is 0 Å². The van der Waals surface area contributed by atoms with Gasteiger partial charge in [-0.05, 0) is 25.7 Å². The van der Waals surface area contributed by atoms with Crippen molar-refractivity contribution in [3.05, 3.63) is 12.2 Å². The third-order valence-electron chi connectivity index (χ3n) is 4.48. The van der Waals surface area contributed by atoms with Crippen LogP contribution in [0.4, 0.5) is 0 Å². The fourth-order valence-electron chi connectivity index (χ4n) is 3.22. The van der Waals surface area contributed by atoms with Gasteiger partial charge in [0.2, 0.25) is 0 Å². The summed E-state index contributed by atoms with van der Waals surface area (Å²) in [6, 6.07) is 0.551. The Kier molecular flexibility index (Phi) is 4.33. The molecule has 20 heavy (non-hydrogen) atoms. The molecule has 0 saturated carbocycles. The average Bonchev–Trinajstić information content (AvgIpc) is 2.86. The van der Waals surface area contributed by atoms with E-state index in [0.29, 0.717) is 6.04 Å². The van der Waals surface area contributed by atoms with Gasteiger partial charge in [0.15, 0.2) is 0 Å². The van der Waals surface area contributed by atoms with Crippen LogP contribution in [-0.4, -0.2) is 52.8 Å². The van der Waals surface area contributed by atoms with Crippen LogP contribution in [0.2, 0.25) is 0 Å². The minimum Gasteiger partial charge on any atom is -0.381 e. The van der Waals surface area contributed by atoms with Crippen LogP contribution in [0.5, 0.6) is 0 Å². The first-order valence-electron chi connectivity index (χ1n) is 7.55. The summed E-state index contributed by atoms with van der Waals surface area (Å²) in [5.74, 6) is 1.03. The molecule has 1 aromatic heterocycles. The molecule has 2 aliphatic heterocycles. The van der Waals surface area contributed by atoms with Gasteiger partial charge in [0, 0.05) is 45.9 Å². The highest BCUT2D eigenvalue weighted by Crippen LogP contribution is 2.34. The average molecular weight is 280 g/mol. The molecule has 6 heteroatoms. The van der Waals surface area contributed by atoms with Gasteiger partial charge < -0.3 is 19.4 Å².